The number of aromatic nitrogens is 3. The van der Waals surface area contributed by atoms with E-state index in [2.05, 4.69) is 15.1 Å². The zero-order valence-corrected chi connectivity index (χ0v) is 8.30. The molecule has 0 amide bonds. The number of hydrogen-bond donors (Lipinski definition) is 1. The minimum atomic E-state index is 0.654. The van der Waals surface area contributed by atoms with E-state index in [9.17, 15) is 0 Å². The molecule has 1 aliphatic rings. The predicted octanol–water partition coefficient (Wildman–Crippen LogP) is 0.314. The first-order valence-electron chi connectivity index (χ1n) is 4.23. The van der Waals surface area contributed by atoms with Crippen LogP contribution >= 0.6 is 12.2 Å². The monoisotopic (exact) mass is 200 g/mol. The van der Waals surface area contributed by atoms with Gasteiger partial charge < -0.3 is 9.64 Å². The van der Waals surface area contributed by atoms with Crippen LogP contribution in [0.25, 0.3) is 0 Å². The molecule has 0 aliphatic carbocycles. The molecule has 0 saturated carbocycles. The van der Waals surface area contributed by atoms with Crippen LogP contribution in [0.15, 0.2) is 0 Å². The third-order valence-corrected chi connectivity index (χ3v) is 2.52. The van der Waals surface area contributed by atoms with Crippen LogP contribution in [0.5, 0.6) is 0 Å². The van der Waals surface area contributed by atoms with Gasteiger partial charge in [0.25, 0.3) is 0 Å². The van der Waals surface area contributed by atoms with E-state index in [4.69, 9.17) is 17.0 Å². The molecule has 2 rings (SSSR count). The molecule has 0 spiro atoms. The van der Waals surface area contributed by atoms with Crippen LogP contribution in [0.2, 0.25) is 0 Å². The number of morpholine rings is 1. The molecule has 1 aromatic heterocycles. The zero-order chi connectivity index (χ0) is 9.26. The summed E-state index contributed by atoms with van der Waals surface area (Å²) in [4.78, 5) is 2.16. The highest BCUT2D eigenvalue weighted by atomic mass is 32.1. The molecule has 1 aliphatic heterocycles. The summed E-state index contributed by atoms with van der Waals surface area (Å²) in [5.74, 6) is 0.897. The van der Waals surface area contributed by atoms with Gasteiger partial charge in [-0.2, -0.15) is 0 Å². The molecule has 1 fully saturated rings. The molecule has 1 saturated heterocycles. The van der Waals surface area contributed by atoms with Crippen molar-refractivity contribution < 1.29 is 4.74 Å². The van der Waals surface area contributed by atoms with Crippen LogP contribution in [-0.2, 0) is 11.8 Å². The minimum Gasteiger partial charge on any atom is -0.378 e. The molecular weight excluding hydrogens is 188 g/mol. The average molecular weight is 200 g/mol. The van der Waals surface area contributed by atoms with Crippen LogP contribution in [-0.4, -0.2) is 41.1 Å². The van der Waals surface area contributed by atoms with Gasteiger partial charge in [-0.05, 0) is 12.2 Å². The maximum atomic E-state index is 5.25. The average Bonchev–Trinajstić information content (AvgIpc) is 2.49. The van der Waals surface area contributed by atoms with Crippen LogP contribution < -0.4 is 4.90 Å². The topological polar surface area (TPSA) is 46.1 Å². The highest BCUT2D eigenvalue weighted by Gasteiger charge is 2.15. The Balaban J connectivity index is 2.23. The van der Waals surface area contributed by atoms with E-state index < -0.39 is 0 Å². The Kier molecular flexibility index (Phi) is 2.32. The number of hydrogen-bond acceptors (Lipinski definition) is 4. The van der Waals surface area contributed by atoms with Crippen molar-refractivity contribution in [2.75, 3.05) is 31.2 Å². The minimum absolute atomic E-state index is 0.654. The summed E-state index contributed by atoms with van der Waals surface area (Å²) in [6, 6.07) is 0. The largest absolute Gasteiger partial charge is 0.378 e. The number of anilines is 1. The van der Waals surface area contributed by atoms with Crippen molar-refractivity contribution in [2.45, 2.75) is 0 Å². The Morgan fingerprint density at radius 1 is 1.46 bits per heavy atom. The normalized spacial score (nSPS) is 17.8. The quantitative estimate of drug-likeness (QED) is 0.663. The fourth-order valence-corrected chi connectivity index (χ4v) is 1.51. The van der Waals surface area contributed by atoms with Crippen molar-refractivity contribution in [3.63, 3.8) is 0 Å². The van der Waals surface area contributed by atoms with Crippen LogP contribution in [0, 0.1) is 4.77 Å². The van der Waals surface area contributed by atoms with Crippen LogP contribution in [0.1, 0.15) is 0 Å². The van der Waals surface area contributed by atoms with Crippen molar-refractivity contribution >= 4 is 18.2 Å². The van der Waals surface area contributed by atoms with Gasteiger partial charge in [0.05, 0.1) is 13.2 Å². The summed E-state index contributed by atoms with van der Waals surface area (Å²) < 4.78 is 7.78. The van der Waals surface area contributed by atoms with Crippen LogP contribution in [0.4, 0.5) is 5.95 Å². The van der Waals surface area contributed by atoms with Crippen LogP contribution in [0.3, 0.4) is 0 Å². The highest BCUT2D eigenvalue weighted by molar-refractivity contribution is 7.71. The maximum Gasteiger partial charge on any atom is 0.225 e. The molecule has 1 aromatic rings. The van der Waals surface area contributed by atoms with Gasteiger partial charge in [-0.25, -0.2) is 5.10 Å². The number of aromatic amines is 1. The number of ether oxygens (including phenoxy) is 1. The molecule has 0 aromatic carbocycles. The van der Waals surface area contributed by atoms with E-state index in [1.54, 1.807) is 0 Å². The van der Waals surface area contributed by atoms with Crippen molar-refractivity contribution in [2.24, 2.45) is 7.05 Å². The molecule has 72 valence electrons. The lowest BCUT2D eigenvalue weighted by atomic mass is 10.4. The molecule has 0 bridgehead atoms. The van der Waals surface area contributed by atoms with Gasteiger partial charge >= 0.3 is 0 Å². The first-order chi connectivity index (χ1) is 6.29. The van der Waals surface area contributed by atoms with Gasteiger partial charge in [-0.15, -0.1) is 5.10 Å². The van der Waals surface area contributed by atoms with Gasteiger partial charge in [0, 0.05) is 20.1 Å². The second-order valence-corrected chi connectivity index (χ2v) is 3.37. The molecule has 2 heterocycles. The number of nitrogens with one attached hydrogen (secondary N) is 1. The molecule has 5 nitrogen and oxygen atoms in total. The summed E-state index contributed by atoms with van der Waals surface area (Å²) in [5, 5.41) is 6.92. The van der Waals surface area contributed by atoms with E-state index >= 15 is 0 Å². The van der Waals surface area contributed by atoms with Crippen molar-refractivity contribution in [3.8, 4) is 0 Å². The molecule has 13 heavy (non-hydrogen) atoms. The number of nitrogens with zero attached hydrogens (tertiary/aromatic N) is 3. The Morgan fingerprint density at radius 3 is 2.69 bits per heavy atom. The fraction of sp³-hybridized carbons (Fsp3) is 0.714. The summed E-state index contributed by atoms with van der Waals surface area (Å²) in [5.41, 5.74) is 0. The SMILES string of the molecule is Cn1c(N2CCOCC2)n[nH]c1=S. The third-order valence-electron chi connectivity index (χ3n) is 2.15. The predicted molar refractivity (Wildman–Crippen MR) is 51.4 cm³/mol. The Labute approximate surface area is 81.3 Å². The zero-order valence-electron chi connectivity index (χ0n) is 7.49. The molecular formula is C7H12N4OS. The fourth-order valence-electron chi connectivity index (χ4n) is 1.38. The summed E-state index contributed by atoms with van der Waals surface area (Å²) in [6.07, 6.45) is 0. The Bertz CT molecular complexity index is 339. The molecule has 0 atom stereocenters. The van der Waals surface area contributed by atoms with E-state index in [-0.39, 0.29) is 0 Å². The van der Waals surface area contributed by atoms with Gasteiger partial charge in [0.1, 0.15) is 0 Å². The van der Waals surface area contributed by atoms with E-state index in [1.165, 1.54) is 0 Å². The first kappa shape index (κ1) is 8.71. The summed E-state index contributed by atoms with van der Waals surface area (Å²) in [7, 11) is 1.91. The standard InChI is InChI=1S/C7H12N4OS/c1-10-6(8-9-7(10)13)11-2-4-12-5-3-11/h2-5H2,1H3,(H,9,13). The summed E-state index contributed by atoms with van der Waals surface area (Å²) in [6.45, 7) is 3.29. The van der Waals surface area contributed by atoms with Crippen molar-refractivity contribution in [1.29, 1.82) is 0 Å². The smallest absolute Gasteiger partial charge is 0.225 e. The Morgan fingerprint density at radius 2 is 2.15 bits per heavy atom. The van der Waals surface area contributed by atoms with Gasteiger partial charge in [-0.1, -0.05) is 0 Å². The second kappa shape index (κ2) is 3.47. The van der Waals surface area contributed by atoms with Gasteiger partial charge in [-0.3, -0.25) is 4.57 Å². The Hall–Kier alpha value is -0.880. The molecule has 1 N–H and O–H groups in total. The molecule has 6 heteroatoms. The summed E-state index contributed by atoms with van der Waals surface area (Å²) >= 11 is 5.03. The third kappa shape index (κ3) is 1.59. The lowest BCUT2D eigenvalue weighted by Gasteiger charge is -2.26. The maximum absolute atomic E-state index is 5.25. The molecule has 0 radical (unpaired) electrons. The highest BCUT2D eigenvalue weighted by Crippen LogP contribution is 2.10. The first-order valence-corrected chi connectivity index (χ1v) is 4.64. The van der Waals surface area contributed by atoms with Crippen molar-refractivity contribution in [3.05, 3.63) is 4.77 Å². The van der Waals surface area contributed by atoms with E-state index in [0.717, 1.165) is 32.3 Å². The lowest BCUT2D eigenvalue weighted by molar-refractivity contribution is 0.121. The van der Waals surface area contributed by atoms with Crippen molar-refractivity contribution in [1.82, 2.24) is 14.8 Å². The van der Waals surface area contributed by atoms with Gasteiger partial charge in [0.15, 0.2) is 4.77 Å². The number of H-pyrrole nitrogens is 1. The van der Waals surface area contributed by atoms with E-state index in [0.29, 0.717) is 4.77 Å². The molecule has 0 unspecified atom stereocenters. The van der Waals surface area contributed by atoms with E-state index in [1.807, 2.05) is 11.6 Å². The lowest BCUT2D eigenvalue weighted by Crippen LogP contribution is -2.37. The number of rotatable bonds is 1. The van der Waals surface area contributed by atoms with Gasteiger partial charge in [0.2, 0.25) is 5.95 Å². The second-order valence-electron chi connectivity index (χ2n) is 2.99.